The Morgan fingerprint density at radius 3 is 2.62 bits per heavy atom. The zero-order valence-corrected chi connectivity index (χ0v) is 12.1. The highest BCUT2D eigenvalue weighted by Crippen LogP contribution is 2.41. The Labute approximate surface area is 101 Å². The van der Waals surface area contributed by atoms with Crippen molar-refractivity contribution in [2.45, 2.75) is 56.3 Å². The molecular formula is C12H24O3Si. The molecule has 0 aromatic rings. The van der Waals surface area contributed by atoms with E-state index in [0.717, 1.165) is 5.92 Å². The molecule has 2 rings (SSSR count). The Kier molecular flexibility index (Phi) is 4.05. The zero-order valence-electron chi connectivity index (χ0n) is 10.7. The van der Waals surface area contributed by atoms with Crippen LogP contribution in [0.5, 0.6) is 0 Å². The summed E-state index contributed by atoms with van der Waals surface area (Å²) in [6.07, 6.45) is 6.57. The van der Waals surface area contributed by atoms with Crippen LogP contribution in [-0.4, -0.2) is 41.4 Å². The molecule has 4 heteroatoms. The molecule has 1 aliphatic heterocycles. The minimum absolute atomic E-state index is 0.257. The van der Waals surface area contributed by atoms with Crippen LogP contribution in [0.15, 0.2) is 0 Å². The Morgan fingerprint density at radius 1 is 1.25 bits per heavy atom. The maximum absolute atomic E-state index is 5.56. The minimum atomic E-state index is -0.305. The molecule has 1 aliphatic carbocycles. The maximum Gasteiger partial charge on any atom is 0.141 e. The number of methoxy groups -OCH3 is 2. The van der Waals surface area contributed by atoms with E-state index in [1.54, 1.807) is 14.2 Å². The number of hydrogen-bond acceptors (Lipinski definition) is 3. The van der Waals surface area contributed by atoms with Crippen LogP contribution in [0.2, 0.25) is 6.04 Å². The largest absolute Gasteiger partial charge is 0.370 e. The fourth-order valence-electron chi connectivity index (χ4n) is 2.75. The number of ether oxygens (including phenoxy) is 3. The van der Waals surface area contributed by atoms with E-state index in [4.69, 9.17) is 14.2 Å². The van der Waals surface area contributed by atoms with E-state index in [-0.39, 0.29) is 14.9 Å². The second kappa shape index (κ2) is 5.17. The molecule has 3 atom stereocenters. The van der Waals surface area contributed by atoms with Crippen molar-refractivity contribution in [2.75, 3.05) is 14.2 Å². The van der Waals surface area contributed by atoms with Gasteiger partial charge < -0.3 is 14.2 Å². The van der Waals surface area contributed by atoms with Crippen LogP contribution in [-0.2, 0) is 14.2 Å². The lowest BCUT2D eigenvalue weighted by molar-refractivity contribution is -0.130. The lowest BCUT2D eigenvalue weighted by Crippen LogP contribution is -2.37. The van der Waals surface area contributed by atoms with Gasteiger partial charge in [-0.2, -0.15) is 0 Å². The molecule has 3 nitrogen and oxygen atoms in total. The van der Waals surface area contributed by atoms with Crippen molar-refractivity contribution < 1.29 is 14.2 Å². The molecule has 0 aromatic carbocycles. The second-order valence-corrected chi connectivity index (χ2v) is 7.82. The lowest BCUT2D eigenvalue weighted by Gasteiger charge is -2.27. The number of fused-ring (bicyclic) bond motifs is 1. The molecule has 16 heavy (non-hydrogen) atoms. The first kappa shape index (κ1) is 12.6. The molecule has 0 aromatic heterocycles. The van der Waals surface area contributed by atoms with Crippen LogP contribution in [0, 0.1) is 5.92 Å². The first-order valence-electron chi connectivity index (χ1n) is 6.42. The fourth-order valence-corrected chi connectivity index (χ4v) is 4.58. The average Bonchev–Trinajstić information content (AvgIpc) is 3.07. The van der Waals surface area contributed by atoms with Gasteiger partial charge in [0.1, 0.15) is 5.41 Å². The van der Waals surface area contributed by atoms with Crippen molar-refractivity contribution in [3.8, 4) is 0 Å². The van der Waals surface area contributed by atoms with Gasteiger partial charge in [-0.05, 0) is 32.1 Å². The normalized spacial score (nSPS) is 34.3. The van der Waals surface area contributed by atoms with E-state index >= 15 is 0 Å². The molecule has 1 saturated carbocycles. The van der Waals surface area contributed by atoms with E-state index in [1.165, 1.54) is 31.7 Å². The highest BCUT2D eigenvalue weighted by atomic mass is 28.2. The van der Waals surface area contributed by atoms with Gasteiger partial charge in [0.25, 0.3) is 0 Å². The first-order chi connectivity index (χ1) is 7.67. The van der Waals surface area contributed by atoms with Gasteiger partial charge in [0.15, 0.2) is 0 Å². The average molecular weight is 244 g/mol. The summed E-state index contributed by atoms with van der Waals surface area (Å²) in [7, 11) is 3.19. The third-order valence-electron chi connectivity index (χ3n) is 4.22. The number of hydrogen-bond donors (Lipinski definition) is 0. The molecule has 0 bridgehead atoms. The zero-order chi connectivity index (χ0) is 11.6. The SMILES string of the molecule is COC(C)(OC)[SiH2]CCC1CCC2OC2C1. The van der Waals surface area contributed by atoms with Gasteiger partial charge in [-0.15, -0.1) is 0 Å². The minimum Gasteiger partial charge on any atom is -0.370 e. The standard InChI is InChI=1S/C12H24O3Si/c1-12(13-2,14-3)16-7-6-9-4-5-10-11(8-9)15-10/h9-11H,4-8,16H2,1-3H3. The molecule has 2 aliphatic rings. The molecule has 94 valence electrons. The van der Waals surface area contributed by atoms with Crippen LogP contribution in [0.1, 0.15) is 32.6 Å². The monoisotopic (exact) mass is 244 g/mol. The highest BCUT2D eigenvalue weighted by Gasteiger charge is 2.43. The third-order valence-corrected chi connectivity index (χ3v) is 6.47. The number of rotatable bonds is 6. The van der Waals surface area contributed by atoms with Crippen LogP contribution in [0.3, 0.4) is 0 Å². The van der Waals surface area contributed by atoms with E-state index in [9.17, 15) is 0 Å². The molecule has 1 saturated heterocycles. The van der Waals surface area contributed by atoms with Crippen LogP contribution >= 0.6 is 0 Å². The summed E-state index contributed by atoms with van der Waals surface area (Å²) in [5.41, 5.74) is -0.257. The van der Waals surface area contributed by atoms with E-state index in [2.05, 4.69) is 6.92 Å². The van der Waals surface area contributed by atoms with Gasteiger partial charge in [-0.3, -0.25) is 0 Å². The van der Waals surface area contributed by atoms with Gasteiger partial charge in [-0.25, -0.2) is 0 Å². The Morgan fingerprint density at radius 2 is 2.00 bits per heavy atom. The van der Waals surface area contributed by atoms with Crippen molar-refractivity contribution in [2.24, 2.45) is 5.92 Å². The lowest BCUT2D eigenvalue weighted by atomic mass is 9.88. The molecular weight excluding hydrogens is 220 g/mol. The molecule has 0 N–H and O–H groups in total. The summed E-state index contributed by atoms with van der Waals surface area (Å²) in [5, 5.41) is 0. The molecule has 0 spiro atoms. The Hall–Kier alpha value is 0.0969. The third kappa shape index (κ3) is 3.06. The van der Waals surface area contributed by atoms with Crippen LogP contribution < -0.4 is 0 Å². The van der Waals surface area contributed by atoms with Gasteiger partial charge in [0.05, 0.1) is 21.7 Å². The van der Waals surface area contributed by atoms with Crippen molar-refractivity contribution in [3.05, 3.63) is 0 Å². The van der Waals surface area contributed by atoms with Crippen LogP contribution in [0.25, 0.3) is 0 Å². The summed E-state index contributed by atoms with van der Waals surface area (Å²) in [4.78, 5) is 0. The summed E-state index contributed by atoms with van der Waals surface area (Å²) in [5.74, 6) is 0.897. The Balaban J connectivity index is 1.63. The molecule has 0 radical (unpaired) electrons. The quantitative estimate of drug-likeness (QED) is 0.403. The van der Waals surface area contributed by atoms with Crippen molar-refractivity contribution >= 4 is 9.52 Å². The number of epoxide rings is 1. The summed E-state index contributed by atoms with van der Waals surface area (Å²) in [6, 6.07) is 1.32. The topological polar surface area (TPSA) is 31.0 Å². The predicted molar refractivity (Wildman–Crippen MR) is 66.4 cm³/mol. The molecule has 2 fully saturated rings. The van der Waals surface area contributed by atoms with Crippen molar-refractivity contribution in [1.82, 2.24) is 0 Å². The highest BCUT2D eigenvalue weighted by molar-refractivity contribution is 6.38. The first-order valence-corrected chi connectivity index (χ1v) is 8.13. The van der Waals surface area contributed by atoms with Crippen LogP contribution in [0.4, 0.5) is 0 Å². The van der Waals surface area contributed by atoms with E-state index < -0.39 is 0 Å². The fraction of sp³-hybridized carbons (Fsp3) is 1.00. The summed E-state index contributed by atoms with van der Waals surface area (Å²) < 4.78 is 16.4. The van der Waals surface area contributed by atoms with Crippen molar-refractivity contribution in [3.63, 3.8) is 0 Å². The summed E-state index contributed by atoms with van der Waals surface area (Å²) in [6.45, 7) is 2.07. The maximum atomic E-state index is 5.56. The van der Waals surface area contributed by atoms with Gasteiger partial charge in [0.2, 0.25) is 0 Å². The van der Waals surface area contributed by atoms with Crippen molar-refractivity contribution in [1.29, 1.82) is 0 Å². The summed E-state index contributed by atoms with van der Waals surface area (Å²) >= 11 is 0. The van der Waals surface area contributed by atoms with E-state index in [0.29, 0.717) is 12.2 Å². The van der Waals surface area contributed by atoms with Gasteiger partial charge in [-0.1, -0.05) is 12.5 Å². The van der Waals surface area contributed by atoms with Gasteiger partial charge >= 0.3 is 0 Å². The Bertz CT molecular complexity index is 230. The smallest absolute Gasteiger partial charge is 0.141 e. The molecule has 0 amide bonds. The molecule has 3 unspecified atom stereocenters. The predicted octanol–water partition coefficient (Wildman–Crippen LogP) is 1.50. The van der Waals surface area contributed by atoms with Gasteiger partial charge in [0, 0.05) is 14.2 Å². The van der Waals surface area contributed by atoms with E-state index in [1.807, 2.05) is 0 Å². The molecule has 1 heterocycles. The second-order valence-electron chi connectivity index (χ2n) is 5.33.